The van der Waals surface area contributed by atoms with E-state index in [2.05, 4.69) is 39.8 Å². The maximum Gasteiger partial charge on any atom is 0.231 e. The van der Waals surface area contributed by atoms with E-state index in [1.165, 1.54) is 0 Å². The number of benzene rings is 1. The minimum atomic E-state index is -1.79. The summed E-state index contributed by atoms with van der Waals surface area (Å²) in [6.07, 6.45) is 5.58. The molecule has 0 saturated heterocycles. The summed E-state index contributed by atoms with van der Waals surface area (Å²) in [5.41, 5.74) is 1.80. The summed E-state index contributed by atoms with van der Waals surface area (Å²) >= 11 is 0. The van der Waals surface area contributed by atoms with Gasteiger partial charge in [-0.2, -0.15) is 0 Å². The Kier molecular flexibility index (Phi) is 3.85. The fraction of sp³-hybridized carbons (Fsp3) is 0.500. The Bertz CT molecular complexity index is 550. The van der Waals surface area contributed by atoms with Crippen molar-refractivity contribution in [3.63, 3.8) is 0 Å². The Hall–Kier alpha value is -1.44. The standard InChI is InChI=1S/C16H22O3Si/c1-7-12-8-14-15(18-11-17-14)9-13(12)10-19-20(5,6)16(2,3)4/h1,8-9H,10-11H2,2-6H3. The van der Waals surface area contributed by atoms with E-state index in [9.17, 15) is 0 Å². The van der Waals surface area contributed by atoms with E-state index in [1.54, 1.807) is 0 Å². The van der Waals surface area contributed by atoms with Gasteiger partial charge in [0, 0.05) is 11.6 Å². The molecular weight excluding hydrogens is 268 g/mol. The highest BCUT2D eigenvalue weighted by molar-refractivity contribution is 6.74. The van der Waals surface area contributed by atoms with Crippen molar-refractivity contribution < 1.29 is 13.9 Å². The number of hydrogen-bond acceptors (Lipinski definition) is 3. The van der Waals surface area contributed by atoms with Crippen molar-refractivity contribution in [2.75, 3.05) is 6.79 Å². The molecule has 0 aliphatic carbocycles. The zero-order valence-electron chi connectivity index (χ0n) is 12.9. The molecule has 0 saturated carbocycles. The van der Waals surface area contributed by atoms with Crippen molar-refractivity contribution in [3.8, 4) is 23.8 Å². The average Bonchev–Trinajstić information content (AvgIpc) is 2.80. The van der Waals surface area contributed by atoms with Crippen molar-refractivity contribution in [2.45, 2.75) is 45.5 Å². The smallest absolute Gasteiger partial charge is 0.231 e. The largest absolute Gasteiger partial charge is 0.454 e. The van der Waals surface area contributed by atoms with E-state index in [-0.39, 0.29) is 11.8 Å². The zero-order chi connectivity index (χ0) is 15.0. The van der Waals surface area contributed by atoms with Gasteiger partial charge in [-0.05, 0) is 29.8 Å². The summed E-state index contributed by atoms with van der Waals surface area (Å²) in [5, 5.41) is 0.180. The Morgan fingerprint density at radius 1 is 1.25 bits per heavy atom. The van der Waals surface area contributed by atoms with Gasteiger partial charge in [-0.15, -0.1) is 6.42 Å². The number of ether oxygens (including phenoxy) is 2. The highest BCUT2D eigenvalue weighted by Crippen LogP contribution is 2.39. The van der Waals surface area contributed by atoms with Gasteiger partial charge in [0.1, 0.15) is 0 Å². The number of hydrogen-bond donors (Lipinski definition) is 0. The van der Waals surface area contributed by atoms with E-state index in [0.717, 1.165) is 16.9 Å². The molecule has 0 amide bonds. The molecule has 1 heterocycles. The molecule has 108 valence electrons. The second-order valence-corrected chi connectivity index (χ2v) is 11.4. The first-order valence-corrected chi connectivity index (χ1v) is 9.68. The van der Waals surface area contributed by atoms with Gasteiger partial charge in [0.15, 0.2) is 19.8 Å². The molecule has 3 nitrogen and oxygen atoms in total. The molecule has 1 aromatic rings. The third-order valence-corrected chi connectivity index (χ3v) is 8.63. The lowest BCUT2D eigenvalue weighted by atomic mass is 10.1. The molecule has 0 aromatic heterocycles. The van der Waals surface area contributed by atoms with Gasteiger partial charge in [0.2, 0.25) is 6.79 Å². The van der Waals surface area contributed by atoms with Crippen LogP contribution in [0.2, 0.25) is 18.1 Å². The van der Waals surface area contributed by atoms with Crippen LogP contribution in [0.5, 0.6) is 11.5 Å². The van der Waals surface area contributed by atoms with Crippen LogP contribution < -0.4 is 9.47 Å². The molecular formula is C16H22O3Si. The van der Waals surface area contributed by atoms with Crippen molar-refractivity contribution in [2.24, 2.45) is 0 Å². The second kappa shape index (κ2) is 5.15. The van der Waals surface area contributed by atoms with E-state index in [4.69, 9.17) is 20.3 Å². The van der Waals surface area contributed by atoms with Crippen molar-refractivity contribution >= 4 is 8.32 Å². The second-order valence-electron chi connectivity index (χ2n) is 6.56. The fourth-order valence-electron chi connectivity index (χ4n) is 1.71. The summed E-state index contributed by atoms with van der Waals surface area (Å²) in [7, 11) is -1.79. The molecule has 0 N–H and O–H groups in total. The van der Waals surface area contributed by atoms with E-state index in [0.29, 0.717) is 12.4 Å². The van der Waals surface area contributed by atoms with Crippen molar-refractivity contribution in [1.29, 1.82) is 0 Å². The third kappa shape index (κ3) is 2.84. The quantitative estimate of drug-likeness (QED) is 0.624. The predicted octanol–water partition coefficient (Wildman–Crippen LogP) is 3.92. The maximum absolute atomic E-state index is 6.23. The maximum atomic E-state index is 6.23. The first kappa shape index (κ1) is 15.0. The Balaban J connectivity index is 2.20. The summed E-state index contributed by atoms with van der Waals surface area (Å²) in [6.45, 7) is 11.9. The minimum absolute atomic E-state index is 0.180. The summed E-state index contributed by atoms with van der Waals surface area (Å²) in [4.78, 5) is 0. The van der Waals surface area contributed by atoms with Gasteiger partial charge in [-0.3, -0.25) is 0 Å². The van der Waals surface area contributed by atoms with Crippen molar-refractivity contribution in [1.82, 2.24) is 0 Å². The van der Waals surface area contributed by atoms with E-state index < -0.39 is 8.32 Å². The molecule has 0 bridgehead atoms. The molecule has 1 aliphatic rings. The molecule has 0 spiro atoms. The number of fused-ring (bicyclic) bond motifs is 1. The summed E-state index contributed by atoms with van der Waals surface area (Å²) in [5.74, 6) is 4.16. The highest BCUT2D eigenvalue weighted by Gasteiger charge is 2.37. The molecule has 20 heavy (non-hydrogen) atoms. The van der Waals surface area contributed by atoms with Crippen molar-refractivity contribution in [3.05, 3.63) is 23.3 Å². The Morgan fingerprint density at radius 3 is 2.40 bits per heavy atom. The van der Waals surface area contributed by atoms with E-state index >= 15 is 0 Å². The van der Waals surface area contributed by atoms with Crippen LogP contribution in [0.15, 0.2) is 12.1 Å². The average molecular weight is 290 g/mol. The summed E-state index contributed by atoms with van der Waals surface area (Å²) < 4.78 is 17.0. The normalized spacial score (nSPS) is 14.2. The van der Waals surface area contributed by atoms with Crippen LogP contribution in [0, 0.1) is 12.3 Å². The predicted molar refractivity (Wildman–Crippen MR) is 82.5 cm³/mol. The van der Waals surface area contributed by atoms with Crippen LogP contribution in [0.25, 0.3) is 0 Å². The van der Waals surface area contributed by atoms with Crippen LogP contribution >= 0.6 is 0 Å². The zero-order valence-corrected chi connectivity index (χ0v) is 13.9. The highest BCUT2D eigenvalue weighted by atomic mass is 28.4. The number of terminal acetylenes is 1. The van der Waals surface area contributed by atoms with Gasteiger partial charge in [0.05, 0.1) is 6.61 Å². The summed E-state index contributed by atoms with van der Waals surface area (Å²) in [6, 6.07) is 3.79. The lowest BCUT2D eigenvalue weighted by Crippen LogP contribution is -2.40. The first-order chi connectivity index (χ1) is 9.24. The molecule has 1 aromatic carbocycles. The molecule has 2 rings (SSSR count). The van der Waals surface area contributed by atoms with Crippen LogP contribution in [0.1, 0.15) is 31.9 Å². The Morgan fingerprint density at radius 2 is 1.85 bits per heavy atom. The molecule has 0 unspecified atom stereocenters. The molecule has 0 fully saturated rings. The van der Waals surface area contributed by atoms with Crippen LogP contribution in [-0.2, 0) is 11.0 Å². The lowest BCUT2D eigenvalue weighted by Gasteiger charge is -2.36. The van der Waals surface area contributed by atoms with Gasteiger partial charge >= 0.3 is 0 Å². The number of rotatable bonds is 3. The van der Waals surface area contributed by atoms with Gasteiger partial charge < -0.3 is 13.9 Å². The topological polar surface area (TPSA) is 27.7 Å². The molecule has 0 radical (unpaired) electrons. The van der Waals surface area contributed by atoms with Gasteiger partial charge in [0.25, 0.3) is 0 Å². The van der Waals surface area contributed by atoms with Gasteiger partial charge in [-0.1, -0.05) is 26.7 Å². The van der Waals surface area contributed by atoms with Crippen LogP contribution in [0.3, 0.4) is 0 Å². The minimum Gasteiger partial charge on any atom is -0.454 e. The third-order valence-electron chi connectivity index (χ3n) is 4.15. The fourth-order valence-corrected chi connectivity index (χ4v) is 2.66. The molecule has 1 aliphatic heterocycles. The first-order valence-electron chi connectivity index (χ1n) is 6.78. The molecule has 0 atom stereocenters. The van der Waals surface area contributed by atoms with E-state index in [1.807, 2.05) is 12.1 Å². The van der Waals surface area contributed by atoms with Gasteiger partial charge in [-0.25, -0.2) is 0 Å². The lowest BCUT2D eigenvalue weighted by molar-refractivity contribution is 0.174. The Labute approximate surface area is 122 Å². The molecule has 4 heteroatoms. The van der Waals surface area contributed by atoms with Crippen LogP contribution in [0.4, 0.5) is 0 Å². The monoisotopic (exact) mass is 290 g/mol. The SMILES string of the molecule is C#Cc1cc2c(cc1CO[Si](C)(C)C(C)(C)C)OCO2. The van der Waals surface area contributed by atoms with Crippen LogP contribution in [-0.4, -0.2) is 15.1 Å².